The first-order chi connectivity index (χ1) is 6.42. The summed E-state index contributed by atoms with van der Waals surface area (Å²) in [6, 6.07) is 3.45. The number of pyridine rings is 1. The van der Waals surface area contributed by atoms with Crippen LogP contribution in [0.15, 0.2) is 36.9 Å². The highest BCUT2D eigenvalue weighted by atomic mass is 16.1. The lowest BCUT2D eigenvalue weighted by molar-refractivity contribution is 0.112. The van der Waals surface area contributed by atoms with Crippen molar-refractivity contribution in [3.05, 3.63) is 42.5 Å². The van der Waals surface area contributed by atoms with Crippen LogP contribution in [0.2, 0.25) is 0 Å². The molecule has 64 valence electrons. The molecule has 0 N–H and O–H groups in total. The summed E-state index contributed by atoms with van der Waals surface area (Å²) in [5, 5.41) is 4.01. The summed E-state index contributed by atoms with van der Waals surface area (Å²) in [5.74, 6) is 0. The second-order valence-electron chi connectivity index (χ2n) is 2.50. The molecule has 0 aromatic carbocycles. The summed E-state index contributed by atoms with van der Waals surface area (Å²) in [6.45, 7) is 0. The Bertz CT molecular complexity index is 409. The van der Waals surface area contributed by atoms with E-state index in [0.29, 0.717) is 11.3 Å². The maximum absolute atomic E-state index is 10.7. The summed E-state index contributed by atoms with van der Waals surface area (Å²) in [4.78, 5) is 14.6. The molecule has 0 fully saturated rings. The van der Waals surface area contributed by atoms with Crippen LogP contribution in [0.4, 0.5) is 0 Å². The van der Waals surface area contributed by atoms with Crippen molar-refractivity contribution in [2.75, 3.05) is 0 Å². The highest BCUT2D eigenvalue weighted by Gasteiger charge is 2.02. The van der Waals surface area contributed by atoms with Gasteiger partial charge in [-0.2, -0.15) is 5.10 Å². The van der Waals surface area contributed by atoms with Crippen LogP contribution in [0.5, 0.6) is 0 Å². The average Bonchev–Trinajstić information content (AvgIpc) is 2.70. The lowest BCUT2D eigenvalue weighted by Gasteiger charge is -2.01. The predicted octanol–water partition coefficient (Wildman–Crippen LogP) is 1.08. The van der Waals surface area contributed by atoms with Crippen molar-refractivity contribution in [3.63, 3.8) is 0 Å². The van der Waals surface area contributed by atoms with Gasteiger partial charge in [-0.1, -0.05) is 0 Å². The van der Waals surface area contributed by atoms with E-state index < -0.39 is 0 Å². The molecular formula is C9H7N3O. The largest absolute Gasteiger partial charge is 0.298 e. The Balaban J connectivity index is 2.57. The number of nitrogens with zero attached hydrogens (tertiary/aromatic N) is 3. The van der Waals surface area contributed by atoms with E-state index in [-0.39, 0.29) is 0 Å². The van der Waals surface area contributed by atoms with E-state index in [0.717, 1.165) is 6.29 Å². The molecule has 0 atom stereocenters. The number of carbonyl (C=O) groups is 1. The fourth-order valence-electron chi connectivity index (χ4n) is 1.10. The van der Waals surface area contributed by atoms with Crippen molar-refractivity contribution in [1.29, 1.82) is 0 Å². The molecule has 2 aromatic rings. The molecule has 4 heteroatoms. The zero-order valence-electron chi connectivity index (χ0n) is 6.79. The third kappa shape index (κ3) is 1.33. The molecule has 4 nitrogen and oxygen atoms in total. The Kier molecular flexibility index (Phi) is 1.88. The Morgan fingerprint density at radius 3 is 3.00 bits per heavy atom. The monoisotopic (exact) mass is 173 g/mol. The number of aldehydes is 1. The second-order valence-corrected chi connectivity index (χ2v) is 2.50. The maximum Gasteiger partial charge on any atom is 0.152 e. The summed E-state index contributed by atoms with van der Waals surface area (Å²) in [5.41, 5.74) is 1.28. The Morgan fingerprint density at radius 2 is 2.31 bits per heavy atom. The zero-order valence-corrected chi connectivity index (χ0v) is 6.79. The molecule has 0 saturated carbocycles. The standard InChI is InChI=1S/C9H7N3O/c13-7-8-2-4-10-6-9(8)12-5-1-3-11-12/h1-7H. The topological polar surface area (TPSA) is 47.8 Å². The van der Waals surface area contributed by atoms with Gasteiger partial charge in [-0.15, -0.1) is 0 Å². The number of carbonyl (C=O) groups excluding carboxylic acids is 1. The van der Waals surface area contributed by atoms with Crippen LogP contribution in [-0.2, 0) is 0 Å². The van der Waals surface area contributed by atoms with E-state index in [4.69, 9.17) is 0 Å². The number of rotatable bonds is 2. The van der Waals surface area contributed by atoms with Crippen LogP contribution >= 0.6 is 0 Å². The van der Waals surface area contributed by atoms with E-state index in [2.05, 4.69) is 10.1 Å². The first-order valence-corrected chi connectivity index (χ1v) is 3.81. The molecule has 0 saturated heterocycles. The van der Waals surface area contributed by atoms with Crippen molar-refractivity contribution in [2.45, 2.75) is 0 Å². The fraction of sp³-hybridized carbons (Fsp3) is 0. The summed E-state index contributed by atoms with van der Waals surface area (Å²) in [6.07, 6.45) is 7.40. The minimum Gasteiger partial charge on any atom is -0.298 e. The molecule has 2 aromatic heterocycles. The van der Waals surface area contributed by atoms with Crippen LogP contribution in [0.1, 0.15) is 10.4 Å². The van der Waals surface area contributed by atoms with E-state index in [1.165, 1.54) is 0 Å². The van der Waals surface area contributed by atoms with Gasteiger partial charge in [0.1, 0.15) is 0 Å². The molecule has 0 spiro atoms. The van der Waals surface area contributed by atoms with Crippen molar-refractivity contribution in [3.8, 4) is 5.69 Å². The first kappa shape index (κ1) is 7.67. The summed E-state index contributed by atoms with van der Waals surface area (Å²) in [7, 11) is 0. The minimum absolute atomic E-state index is 0.582. The Labute approximate surface area is 74.8 Å². The molecule has 0 aliphatic carbocycles. The molecule has 0 bridgehead atoms. The maximum atomic E-state index is 10.7. The second kappa shape index (κ2) is 3.18. The smallest absolute Gasteiger partial charge is 0.152 e. The molecule has 0 radical (unpaired) electrons. The van der Waals surface area contributed by atoms with Gasteiger partial charge in [0.05, 0.1) is 11.9 Å². The van der Waals surface area contributed by atoms with Crippen LogP contribution < -0.4 is 0 Å². The van der Waals surface area contributed by atoms with Crippen LogP contribution in [0.25, 0.3) is 5.69 Å². The molecule has 13 heavy (non-hydrogen) atoms. The number of hydrogen-bond donors (Lipinski definition) is 0. The summed E-state index contributed by atoms with van der Waals surface area (Å²) < 4.78 is 1.61. The van der Waals surface area contributed by atoms with Crippen molar-refractivity contribution >= 4 is 6.29 Å². The normalized spacial score (nSPS) is 9.85. The number of hydrogen-bond acceptors (Lipinski definition) is 3. The molecule has 0 unspecified atom stereocenters. The van der Waals surface area contributed by atoms with Crippen LogP contribution in [-0.4, -0.2) is 21.1 Å². The van der Waals surface area contributed by atoms with Gasteiger partial charge in [0.2, 0.25) is 0 Å². The lowest BCUT2D eigenvalue weighted by atomic mass is 10.2. The van der Waals surface area contributed by atoms with E-state index in [1.54, 1.807) is 41.6 Å². The van der Waals surface area contributed by atoms with Gasteiger partial charge in [0, 0.05) is 24.2 Å². The van der Waals surface area contributed by atoms with Gasteiger partial charge in [-0.3, -0.25) is 9.78 Å². The fourth-order valence-corrected chi connectivity index (χ4v) is 1.10. The molecule has 0 aliphatic heterocycles. The molecule has 0 aliphatic rings. The van der Waals surface area contributed by atoms with Gasteiger partial charge in [-0.05, 0) is 12.1 Å². The first-order valence-electron chi connectivity index (χ1n) is 3.81. The van der Waals surface area contributed by atoms with Gasteiger partial charge in [0.15, 0.2) is 6.29 Å². The number of aromatic nitrogens is 3. The van der Waals surface area contributed by atoms with Gasteiger partial charge in [0.25, 0.3) is 0 Å². The minimum atomic E-state index is 0.582. The quantitative estimate of drug-likeness (QED) is 0.638. The Morgan fingerprint density at radius 1 is 1.38 bits per heavy atom. The van der Waals surface area contributed by atoms with Crippen LogP contribution in [0.3, 0.4) is 0 Å². The van der Waals surface area contributed by atoms with Gasteiger partial charge >= 0.3 is 0 Å². The van der Waals surface area contributed by atoms with Gasteiger partial charge in [-0.25, -0.2) is 4.68 Å². The SMILES string of the molecule is O=Cc1ccncc1-n1cccn1. The lowest BCUT2D eigenvalue weighted by Crippen LogP contribution is -1.99. The average molecular weight is 173 g/mol. The summed E-state index contributed by atoms with van der Waals surface area (Å²) >= 11 is 0. The van der Waals surface area contributed by atoms with E-state index in [9.17, 15) is 4.79 Å². The van der Waals surface area contributed by atoms with Gasteiger partial charge < -0.3 is 0 Å². The molecule has 0 amide bonds. The van der Waals surface area contributed by atoms with Crippen molar-refractivity contribution < 1.29 is 4.79 Å². The third-order valence-electron chi connectivity index (χ3n) is 1.71. The highest BCUT2D eigenvalue weighted by molar-refractivity contribution is 5.80. The third-order valence-corrected chi connectivity index (χ3v) is 1.71. The highest BCUT2D eigenvalue weighted by Crippen LogP contribution is 2.08. The molecule has 2 rings (SSSR count). The zero-order chi connectivity index (χ0) is 9.10. The Hall–Kier alpha value is -1.97. The van der Waals surface area contributed by atoms with E-state index in [1.807, 2.05) is 0 Å². The van der Waals surface area contributed by atoms with Crippen molar-refractivity contribution in [2.24, 2.45) is 0 Å². The van der Waals surface area contributed by atoms with Crippen molar-refractivity contribution in [1.82, 2.24) is 14.8 Å². The van der Waals surface area contributed by atoms with E-state index >= 15 is 0 Å². The predicted molar refractivity (Wildman–Crippen MR) is 46.7 cm³/mol. The molecular weight excluding hydrogens is 166 g/mol. The van der Waals surface area contributed by atoms with Crippen LogP contribution in [0, 0.1) is 0 Å². The molecule has 2 heterocycles.